The molecule has 0 N–H and O–H groups in total. The van der Waals surface area contributed by atoms with Gasteiger partial charge in [-0.1, -0.05) is 11.2 Å². The van der Waals surface area contributed by atoms with Crippen LogP contribution in [-0.4, -0.2) is 73.0 Å². The SMILES string of the molecule is Cc1noc(C)c1COc1cccc(C(=O)N2CCN([C@@H]3CCS(=O)(=O)C3)CC2)c1. The fourth-order valence-electron chi connectivity index (χ4n) is 4.12. The maximum atomic E-state index is 13.0. The second-order valence-electron chi connectivity index (χ2n) is 8.00. The Morgan fingerprint density at radius 1 is 1.23 bits per heavy atom. The minimum Gasteiger partial charge on any atom is -0.489 e. The molecule has 30 heavy (non-hydrogen) atoms. The maximum Gasteiger partial charge on any atom is 0.254 e. The number of ether oxygens (including phenoxy) is 1. The predicted octanol–water partition coefficient (Wildman–Crippen LogP) is 1.82. The highest BCUT2D eigenvalue weighted by Crippen LogP contribution is 2.22. The Morgan fingerprint density at radius 2 is 2.00 bits per heavy atom. The van der Waals surface area contributed by atoms with Gasteiger partial charge in [-0.05, 0) is 38.5 Å². The Morgan fingerprint density at radius 3 is 2.63 bits per heavy atom. The fourth-order valence-corrected chi connectivity index (χ4v) is 5.88. The molecule has 2 fully saturated rings. The van der Waals surface area contributed by atoms with Crippen LogP contribution in [0.2, 0.25) is 0 Å². The van der Waals surface area contributed by atoms with Gasteiger partial charge >= 0.3 is 0 Å². The number of hydrogen-bond donors (Lipinski definition) is 0. The van der Waals surface area contributed by atoms with Crippen LogP contribution in [0.5, 0.6) is 5.75 Å². The Labute approximate surface area is 176 Å². The van der Waals surface area contributed by atoms with Gasteiger partial charge in [0, 0.05) is 37.8 Å². The summed E-state index contributed by atoms with van der Waals surface area (Å²) in [4.78, 5) is 17.0. The lowest BCUT2D eigenvalue weighted by Crippen LogP contribution is -2.52. The number of aryl methyl sites for hydroxylation is 2. The van der Waals surface area contributed by atoms with Gasteiger partial charge in [-0.2, -0.15) is 0 Å². The first-order chi connectivity index (χ1) is 14.3. The van der Waals surface area contributed by atoms with Gasteiger partial charge in [0.15, 0.2) is 9.84 Å². The summed E-state index contributed by atoms with van der Waals surface area (Å²) in [7, 11) is -2.90. The lowest BCUT2D eigenvalue weighted by atomic mass is 10.1. The van der Waals surface area contributed by atoms with Crippen molar-refractivity contribution in [1.82, 2.24) is 15.0 Å². The molecule has 0 aliphatic carbocycles. The number of benzene rings is 1. The standard InChI is InChI=1S/C21H27N3O5S/c1-15-20(16(2)29-22-15)13-28-19-5-3-4-17(12-19)21(25)24-9-7-23(8-10-24)18-6-11-30(26,27)14-18/h3-5,12,18H,6-11,13-14H2,1-2H3/t18-/m1/s1. The average Bonchev–Trinajstić information content (AvgIpc) is 3.27. The summed E-state index contributed by atoms with van der Waals surface area (Å²) in [5, 5.41) is 3.92. The lowest BCUT2D eigenvalue weighted by molar-refractivity contribution is 0.0587. The van der Waals surface area contributed by atoms with E-state index in [0.717, 1.165) is 17.0 Å². The summed E-state index contributed by atoms with van der Waals surface area (Å²) in [6.45, 7) is 6.65. The highest BCUT2D eigenvalue weighted by Gasteiger charge is 2.34. The molecule has 0 unspecified atom stereocenters. The quantitative estimate of drug-likeness (QED) is 0.710. The van der Waals surface area contributed by atoms with Gasteiger partial charge < -0.3 is 14.2 Å². The van der Waals surface area contributed by atoms with Crippen molar-refractivity contribution in [3.63, 3.8) is 0 Å². The first-order valence-corrected chi connectivity index (χ1v) is 12.0. The number of aromatic nitrogens is 1. The van der Waals surface area contributed by atoms with Crippen molar-refractivity contribution >= 4 is 15.7 Å². The molecule has 1 atom stereocenters. The zero-order valence-corrected chi connectivity index (χ0v) is 18.2. The van der Waals surface area contributed by atoms with E-state index in [1.807, 2.05) is 30.9 Å². The van der Waals surface area contributed by atoms with E-state index < -0.39 is 9.84 Å². The molecule has 3 heterocycles. The summed E-state index contributed by atoms with van der Waals surface area (Å²) in [6.07, 6.45) is 0.695. The molecule has 1 amide bonds. The molecule has 1 aromatic carbocycles. The molecule has 8 nitrogen and oxygen atoms in total. The summed E-state index contributed by atoms with van der Waals surface area (Å²) in [6, 6.07) is 7.29. The topological polar surface area (TPSA) is 93.0 Å². The van der Waals surface area contributed by atoms with E-state index in [-0.39, 0.29) is 23.5 Å². The molecular formula is C21H27N3O5S. The van der Waals surface area contributed by atoms with Gasteiger partial charge in [-0.15, -0.1) is 0 Å². The van der Waals surface area contributed by atoms with Crippen molar-refractivity contribution < 1.29 is 22.5 Å². The zero-order valence-electron chi connectivity index (χ0n) is 17.3. The molecule has 2 saturated heterocycles. The normalized spacial score (nSPS) is 21.7. The van der Waals surface area contributed by atoms with E-state index >= 15 is 0 Å². The second kappa shape index (κ2) is 8.39. The van der Waals surface area contributed by atoms with E-state index in [4.69, 9.17) is 9.26 Å². The number of hydrogen-bond acceptors (Lipinski definition) is 7. The maximum absolute atomic E-state index is 13.0. The van der Waals surface area contributed by atoms with Crippen LogP contribution < -0.4 is 4.74 Å². The molecule has 9 heteroatoms. The first-order valence-electron chi connectivity index (χ1n) is 10.2. The third kappa shape index (κ3) is 4.52. The van der Waals surface area contributed by atoms with Crippen molar-refractivity contribution in [3.8, 4) is 5.75 Å². The van der Waals surface area contributed by atoms with Gasteiger partial charge in [-0.3, -0.25) is 9.69 Å². The number of rotatable bonds is 5. The predicted molar refractivity (Wildman–Crippen MR) is 111 cm³/mol. The summed E-state index contributed by atoms with van der Waals surface area (Å²) in [5.74, 6) is 1.84. The van der Waals surface area contributed by atoms with Crippen molar-refractivity contribution in [2.24, 2.45) is 0 Å². The Hall–Kier alpha value is -2.39. The first kappa shape index (κ1) is 20.9. The third-order valence-electron chi connectivity index (χ3n) is 5.97. The lowest BCUT2D eigenvalue weighted by Gasteiger charge is -2.37. The largest absolute Gasteiger partial charge is 0.489 e. The molecule has 0 radical (unpaired) electrons. The van der Waals surface area contributed by atoms with Gasteiger partial charge in [0.05, 0.1) is 22.8 Å². The van der Waals surface area contributed by atoms with Crippen LogP contribution in [-0.2, 0) is 16.4 Å². The molecule has 0 bridgehead atoms. The summed E-state index contributed by atoms with van der Waals surface area (Å²) in [5.41, 5.74) is 2.30. The van der Waals surface area contributed by atoms with Crippen LogP contribution in [0.1, 0.15) is 33.8 Å². The van der Waals surface area contributed by atoms with Crippen LogP contribution in [0.15, 0.2) is 28.8 Å². The molecule has 2 aromatic rings. The second-order valence-corrected chi connectivity index (χ2v) is 10.2. The smallest absolute Gasteiger partial charge is 0.254 e. The van der Waals surface area contributed by atoms with Gasteiger partial charge in [0.2, 0.25) is 0 Å². The zero-order chi connectivity index (χ0) is 21.3. The minimum absolute atomic E-state index is 0.0310. The molecule has 2 aliphatic rings. The van der Waals surface area contributed by atoms with Crippen LogP contribution in [0, 0.1) is 13.8 Å². The fraction of sp³-hybridized carbons (Fsp3) is 0.524. The molecule has 0 saturated carbocycles. The molecule has 4 rings (SSSR count). The van der Waals surface area contributed by atoms with Crippen LogP contribution >= 0.6 is 0 Å². The molecular weight excluding hydrogens is 406 g/mol. The van der Waals surface area contributed by atoms with E-state index in [1.165, 1.54) is 0 Å². The number of nitrogens with zero attached hydrogens (tertiary/aromatic N) is 3. The number of piperazine rings is 1. The molecule has 1 aromatic heterocycles. The van der Waals surface area contributed by atoms with Crippen molar-refractivity contribution in [2.75, 3.05) is 37.7 Å². The highest BCUT2D eigenvalue weighted by atomic mass is 32.2. The third-order valence-corrected chi connectivity index (χ3v) is 7.72. The van der Waals surface area contributed by atoms with E-state index in [9.17, 15) is 13.2 Å². The Balaban J connectivity index is 1.34. The Kier molecular flexibility index (Phi) is 5.84. The molecule has 2 aliphatic heterocycles. The monoisotopic (exact) mass is 433 g/mol. The van der Waals surface area contributed by atoms with Crippen molar-refractivity contribution in [3.05, 3.63) is 46.8 Å². The Bertz CT molecular complexity index is 1010. The average molecular weight is 434 g/mol. The van der Waals surface area contributed by atoms with Gasteiger partial charge in [0.1, 0.15) is 18.1 Å². The number of amides is 1. The molecule has 0 spiro atoms. The highest BCUT2D eigenvalue weighted by molar-refractivity contribution is 7.91. The van der Waals surface area contributed by atoms with Crippen LogP contribution in [0.25, 0.3) is 0 Å². The van der Waals surface area contributed by atoms with Crippen molar-refractivity contribution in [2.45, 2.75) is 32.9 Å². The van der Waals surface area contributed by atoms with Crippen molar-refractivity contribution in [1.29, 1.82) is 0 Å². The van der Waals surface area contributed by atoms with E-state index in [2.05, 4.69) is 10.1 Å². The van der Waals surface area contributed by atoms with Crippen LogP contribution in [0.3, 0.4) is 0 Å². The van der Waals surface area contributed by atoms with Gasteiger partial charge in [0.25, 0.3) is 5.91 Å². The molecule has 162 valence electrons. The van der Waals surface area contributed by atoms with Crippen LogP contribution in [0.4, 0.5) is 0 Å². The number of sulfone groups is 1. The van der Waals surface area contributed by atoms with E-state index in [1.54, 1.807) is 12.1 Å². The number of carbonyl (C=O) groups excluding carboxylic acids is 1. The number of carbonyl (C=O) groups is 1. The summed E-state index contributed by atoms with van der Waals surface area (Å²) >= 11 is 0. The summed E-state index contributed by atoms with van der Waals surface area (Å²) < 4.78 is 34.5. The minimum atomic E-state index is -2.90. The van der Waals surface area contributed by atoms with Gasteiger partial charge in [-0.25, -0.2) is 8.42 Å². The van der Waals surface area contributed by atoms with E-state index in [0.29, 0.717) is 50.5 Å².